The fourth-order valence-corrected chi connectivity index (χ4v) is 2.89. The van der Waals surface area contributed by atoms with Gasteiger partial charge in [0.05, 0.1) is 5.01 Å². The van der Waals surface area contributed by atoms with Crippen molar-refractivity contribution in [1.29, 1.82) is 0 Å². The van der Waals surface area contributed by atoms with Crippen LogP contribution in [0.3, 0.4) is 0 Å². The molecule has 8 heteroatoms. The van der Waals surface area contributed by atoms with E-state index in [1.807, 2.05) is 12.3 Å². The van der Waals surface area contributed by atoms with E-state index in [-0.39, 0.29) is 31.3 Å². The van der Waals surface area contributed by atoms with Crippen molar-refractivity contribution in [3.63, 3.8) is 0 Å². The molecular formula is C15H23N3O4S. The Morgan fingerprint density at radius 1 is 1.43 bits per heavy atom. The van der Waals surface area contributed by atoms with Gasteiger partial charge in [0.25, 0.3) is 0 Å². The van der Waals surface area contributed by atoms with Crippen LogP contribution in [-0.4, -0.2) is 51.9 Å². The second-order valence-electron chi connectivity index (χ2n) is 5.32. The van der Waals surface area contributed by atoms with Crippen molar-refractivity contribution >= 4 is 29.1 Å². The van der Waals surface area contributed by atoms with E-state index in [1.165, 1.54) is 18.7 Å². The monoisotopic (exact) mass is 341 g/mol. The summed E-state index contributed by atoms with van der Waals surface area (Å²) in [7, 11) is 0. The standard InChI is InChI=1S/C15H23N3O4S/c1-10-9-23-13(17-10)5-4-6-14(20)18(11(2)15(21)22)8-7-16-12(3)19/h9,11H,4-8H2,1-3H3,(H,16,19)(H,21,22). The van der Waals surface area contributed by atoms with E-state index in [0.717, 1.165) is 10.7 Å². The van der Waals surface area contributed by atoms with Gasteiger partial charge in [0.1, 0.15) is 6.04 Å². The molecule has 2 amide bonds. The summed E-state index contributed by atoms with van der Waals surface area (Å²) in [5, 5.41) is 14.6. The van der Waals surface area contributed by atoms with Crippen LogP contribution in [0.2, 0.25) is 0 Å². The Labute approximate surface area is 139 Å². The van der Waals surface area contributed by atoms with Crippen molar-refractivity contribution in [3.05, 3.63) is 16.1 Å². The van der Waals surface area contributed by atoms with Gasteiger partial charge in [-0.1, -0.05) is 0 Å². The molecule has 128 valence electrons. The minimum atomic E-state index is -1.06. The molecule has 2 N–H and O–H groups in total. The van der Waals surface area contributed by atoms with Crippen LogP contribution in [0.5, 0.6) is 0 Å². The average molecular weight is 341 g/mol. The number of carbonyl (C=O) groups is 3. The fourth-order valence-electron chi connectivity index (χ4n) is 2.07. The molecule has 0 spiro atoms. The predicted molar refractivity (Wildman–Crippen MR) is 87.3 cm³/mol. The molecule has 0 bridgehead atoms. The van der Waals surface area contributed by atoms with E-state index < -0.39 is 12.0 Å². The number of thiazole rings is 1. The van der Waals surface area contributed by atoms with Crippen LogP contribution in [0, 0.1) is 6.92 Å². The van der Waals surface area contributed by atoms with Crippen LogP contribution in [0.4, 0.5) is 0 Å². The molecule has 0 aliphatic rings. The summed E-state index contributed by atoms with van der Waals surface area (Å²) in [6.45, 7) is 5.19. The molecule has 7 nitrogen and oxygen atoms in total. The minimum Gasteiger partial charge on any atom is -0.480 e. The van der Waals surface area contributed by atoms with Crippen LogP contribution in [0.15, 0.2) is 5.38 Å². The summed E-state index contributed by atoms with van der Waals surface area (Å²) >= 11 is 1.56. The van der Waals surface area contributed by atoms with Crippen molar-refractivity contribution < 1.29 is 19.5 Å². The lowest BCUT2D eigenvalue weighted by Crippen LogP contribution is -2.46. The third-order valence-electron chi connectivity index (χ3n) is 3.32. The Morgan fingerprint density at radius 2 is 2.13 bits per heavy atom. The molecule has 1 atom stereocenters. The third kappa shape index (κ3) is 6.77. The lowest BCUT2D eigenvalue weighted by Gasteiger charge is -2.26. The summed E-state index contributed by atoms with van der Waals surface area (Å²) in [5.74, 6) is -1.49. The first kappa shape index (κ1) is 19.1. The zero-order valence-corrected chi connectivity index (χ0v) is 14.5. The molecule has 1 unspecified atom stereocenters. The van der Waals surface area contributed by atoms with Crippen LogP contribution in [0.1, 0.15) is 37.4 Å². The Morgan fingerprint density at radius 3 is 2.65 bits per heavy atom. The first-order chi connectivity index (χ1) is 10.8. The number of amides is 2. The van der Waals surface area contributed by atoms with E-state index in [0.29, 0.717) is 12.8 Å². The normalized spacial score (nSPS) is 11.8. The van der Waals surface area contributed by atoms with E-state index in [1.54, 1.807) is 11.3 Å². The molecule has 0 aromatic carbocycles. The summed E-state index contributed by atoms with van der Waals surface area (Å²) < 4.78 is 0. The van der Waals surface area contributed by atoms with Gasteiger partial charge in [0.15, 0.2) is 0 Å². The maximum absolute atomic E-state index is 12.3. The second-order valence-corrected chi connectivity index (χ2v) is 6.26. The second kappa shape index (κ2) is 9.24. The van der Waals surface area contributed by atoms with Gasteiger partial charge in [-0.2, -0.15) is 0 Å². The summed E-state index contributed by atoms with van der Waals surface area (Å²) in [6, 6.07) is -0.918. The highest BCUT2D eigenvalue weighted by Crippen LogP contribution is 2.13. The number of carbonyl (C=O) groups excluding carboxylic acids is 2. The number of aromatic nitrogens is 1. The zero-order valence-electron chi connectivity index (χ0n) is 13.7. The van der Waals surface area contributed by atoms with Gasteiger partial charge in [-0.05, 0) is 26.7 Å². The van der Waals surface area contributed by atoms with Crippen LogP contribution >= 0.6 is 11.3 Å². The van der Waals surface area contributed by atoms with Crippen molar-refractivity contribution in [1.82, 2.24) is 15.2 Å². The number of aliphatic carboxylic acids is 1. The smallest absolute Gasteiger partial charge is 0.326 e. The average Bonchev–Trinajstić information content (AvgIpc) is 2.88. The number of rotatable bonds is 9. The SMILES string of the molecule is CC(=O)NCCN(C(=O)CCCc1nc(C)cs1)C(C)C(=O)O. The maximum Gasteiger partial charge on any atom is 0.326 e. The Kier molecular flexibility index (Phi) is 7.67. The maximum atomic E-state index is 12.3. The van der Waals surface area contributed by atoms with Crippen LogP contribution < -0.4 is 5.32 Å². The molecule has 1 rings (SSSR count). The third-order valence-corrected chi connectivity index (χ3v) is 4.35. The Bertz CT molecular complexity index is 559. The van der Waals surface area contributed by atoms with Gasteiger partial charge in [-0.25, -0.2) is 9.78 Å². The Hall–Kier alpha value is -1.96. The molecule has 0 saturated carbocycles. The van der Waals surface area contributed by atoms with Crippen LogP contribution in [0.25, 0.3) is 0 Å². The molecule has 0 aliphatic carbocycles. The highest BCUT2D eigenvalue weighted by atomic mass is 32.1. The Balaban J connectivity index is 2.52. The number of hydrogen-bond donors (Lipinski definition) is 2. The van der Waals surface area contributed by atoms with Gasteiger partial charge in [0, 0.05) is 37.5 Å². The molecule has 0 saturated heterocycles. The highest BCUT2D eigenvalue weighted by Gasteiger charge is 2.24. The highest BCUT2D eigenvalue weighted by molar-refractivity contribution is 7.09. The molecule has 23 heavy (non-hydrogen) atoms. The van der Waals surface area contributed by atoms with Crippen molar-refractivity contribution in [3.8, 4) is 0 Å². The molecule has 1 aromatic rings. The number of carboxylic acid groups (broad SMARTS) is 1. The molecule has 1 aromatic heterocycles. The number of hydrogen-bond acceptors (Lipinski definition) is 5. The number of carboxylic acids is 1. The van der Waals surface area contributed by atoms with Gasteiger partial charge in [-0.15, -0.1) is 11.3 Å². The number of nitrogens with one attached hydrogen (secondary N) is 1. The summed E-state index contributed by atoms with van der Waals surface area (Å²) in [4.78, 5) is 40.0. The van der Waals surface area contributed by atoms with Crippen LogP contribution in [-0.2, 0) is 20.8 Å². The lowest BCUT2D eigenvalue weighted by atomic mass is 10.2. The topological polar surface area (TPSA) is 99.6 Å². The van der Waals surface area contributed by atoms with Crippen molar-refractivity contribution in [2.45, 2.75) is 46.1 Å². The first-order valence-electron chi connectivity index (χ1n) is 7.49. The first-order valence-corrected chi connectivity index (χ1v) is 8.37. The van der Waals surface area contributed by atoms with E-state index in [4.69, 9.17) is 5.11 Å². The zero-order chi connectivity index (χ0) is 17.4. The summed E-state index contributed by atoms with van der Waals surface area (Å²) in [5.41, 5.74) is 0.966. The minimum absolute atomic E-state index is 0.183. The van der Waals surface area contributed by atoms with Gasteiger partial charge >= 0.3 is 5.97 Å². The fraction of sp³-hybridized carbons (Fsp3) is 0.600. The largest absolute Gasteiger partial charge is 0.480 e. The number of aryl methyl sites for hydroxylation is 2. The predicted octanol–water partition coefficient (Wildman–Crippen LogP) is 1.21. The van der Waals surface area contributed by atoms with E-state index in [2.05, 4.69) is 10.3 Å². The van der Waals surface area contributed by atoms with Gasteiger partial charge in [-0.3, -0.25) is 9.59 Å². The molecular weight excluding hydrogens is 318 g/mol. The van der Waals surface area contributed by atoms with Gasteiger partial charge < -0.3 is 15.3 Å². The van der Waals surface area contributed by atoms with Crippen molar-refractivity contribution in [2.24, 2.45) is 0 Å². The molecule has 0 aliphatic heterocycles. The van der Waals surface area contributed by atoms with E-state index >= 15 is 0 Å². The van der Waals surface area contributed by atoms with Gasteiger partial charge in [0.2, 0.25) is 11.8 Å². The molecule has 1 heterocycles. The molecule has 0 fully saturated rings. The number of nitrogens with zero attached hydrogens (tertiary/aromatic N) is 2. The summed E-state index contributed by atoms with van der Waals surface area (Å²) in [6.07, 6.45) is 1.58. The van der Waals surface area contributed by atoms with E-state index in [9.17, 15) is 14.4 Å². The van der Waals surface area contributed by atoms with Crippen molar-refractivity contribution in [2.75, 3.05) is 13.1 Å². The lowest BCUT2D eigenvalue weighted by molar-refractivity contribution is -0.149. The molecule has 0 radical (unpaired) electrons. The quantitative estimate of drug-likeness (QED) is 0.703.